The molecule has 1 saturated heterocycles. The standard InChI is InChI=1S/C15H32N2O/c1-6-8-13(16-4)14(7-2)17-10-9-12(3)15(11-17)18-5/h12-16H,6-11H2,1-5H3. The number of rotatable bonds is 7. The van der Waals surface area contributed by atoms with Crippen molar-refractivity contribution >= 4 is 0 Å². The summed E-state index contributed by atoms with van der Waals surface area (Å²) in [5.74, 6) is 0.697. The van der Waals surface area contributed by atoms with Crippen molar-refractivity contribution in [3.63, 3.8) is 0 Å². The molecule has 0 aliphatic carbocycles. The second kappa shape index (κ2) is 8.13. The van der Waals surface area contributed by atoms with E-state index in [0.29, 0.717) is 24.1 Å². The van der Waals surface area contributed by atoms with Crippen LogP contribution in [0.3, 0.4) is 0 Å². The molecule has 4 unspecified atom stereocenters. The molecule has 3 nitrogen and oxygen atoms in total. The minimum Gasteiger partial charge on any atom is -0.380 e. The molecule has 0 aromatic heterocycles. The van der Waals surface area contributed by atoms with E-state index in [1.54, 1.807) is 0 Å². The molecule has 108 valence electrons. The van der Waals surface area contributed by atoms with Crippen LogP contribution in [0.1, 0.15) is 46.5 Å². The predicted molar refractivity (Wildman–Crippen MR) is 78.0 cm³/mol. The normalized spacial score (nSPS) is 29.2. The third-order valence-electron chi connectivity index (χ3n) is 4.55. The summed E-state index contributed by atoms with van der Waals surface area (Å²) in [6.45, 7) is 9.21. The number of likely N-dealkylation sites (tertiary alicyclic amines) is 1. The van der Waals surface area contributed by atoms with Crippen LogP contribution in [0, 0.1) is 5.92 Å². The largest absolute Gasteiger partial charge is 0.380 e. The monoisotopic (exact) mass is 256 g/mol. The number of likely N-dealkylation sites (N-methyl/N-ethyl adjacent to an activating group) is 1. The predicted octanol–water partition coefficient (Wildman–Crippen LogP) is 2.51. The molecule has 1 fully saturated rings. The molecule has 0 spiro atoms. The van der Waals surface area contributed by atoms with Gasteiger partial charge in [0.25, 0.3) is 0 Å². The number of nitrogens with zero attached hydrogens (tertiary/aromatic N) is 1. The number of hydrogen-bond acceptors (Lipinski definition) is 3. The Labute approximate surface area is 113 Å². The molecule has 1 aliphatic rings. The summed E-state index contributed by atoms with van der Waals surface area (Å²) < 4.78 is 5.64. The van der Waals surface area contributed by atoms with E-state index in [2.05, 4.69) is 38.0 Å². The maximum Gasteiger partial charge on any atom is 0.0724 e. The first-order valence-corrected chi connectivity index (χ1v) is 7.61. The first-order chi connectivity index (χ1) is 8.67. The summed E-state index contributed by atoms with van der Waals surface area (Å²) in [6.07, 6.45) is 5.40. The van der Waals surface area contributed by atoms with Crippen molar-refractivity contribution < 1.29 is 4.74 Å². The van der Waals surface area contributed by atoms with Gasteiger partial charge >= 0.3 is 0 Å². The van der Waals surface area contributed by atoms with E-state index < -0.39 is 0 Å². The molecule has 0 radical (unpaired) electrons. The van der Waals surface area contributed by atoms with E-state index >= 15 is 0 Å². The molecule has 1 aliphatic heterocycles. The number of piperidine rings is 1. The minimum atomic E-state index is 0.409. The van der Waals surface area contributed by atoms with Gasteiger partial charge in [0.05, 0.1) is 6.10 Å². The Balaban J connectivity index is 2.63. The van der Waals surface area contributed by atoms with Crippen LogP contribution in [0.15, 0.2) is 0 Å². The van der Waals surface area contributed by atoms with Crippen LogP contribution in [0.25, 0.3) is 0 Å². The summed E-state index contributed by atoms with van der Waals surface area (Å²) in [5.41, 5.74) is 0. The highest BCUT2D eigenvalue weighted by molar-refractivity contribution is 4.88. The first-order valence-electron chi connectivity index (χ1n) is 7.61. The third kappa shape index (κ3) is 3.94. The van der Waals surface area contributed by atoms with Crippen molar-refractivity contribution in [2.24, 2.45) is 5.92 Å². The molecule has 3 heteroatoms. The summed E-state index contributed by atoms with van der Waals surface area (Å²) in [7, 11) is 3.95. The van der Waals surface area contributed by atoms with Crippen LogP contribution in [-0.2, 0) is 4.74 Å². The lowest BCUT2D eigenvalue weighted by Gasteiger charge is -2.43. The molecule has 0 saturated carbocycles. The van der Waals surface area contributed by atoms with Crippen LogP contribution in [0.2, 0.25) is 0 Å². The van der Waals surface area contributed by atoms with Crippen molar-refractivity contribution in [2.45, 2.75) is 64.6 Å². The van der Waals surface area contributed by atoms with Gasteiger partial charge in [-0.1, -0.05) is 27.2 Å². The van der Waals surface area contributed by atoms with Crippen LogP contribution < -0.4 is 5.32 Å². The Kier molecular flexibility index (Phi) is 7.20. The van der Waals surface area contributed by atoms with Gasteiger partial charge in [0, 0.05) is 25.7 Å². The molecule has 1 heterocycles. The van der Waals surface area contributed by atoms with Gasteiger partial charge in [0.15, 0.2) is 0 Å². The highest BCUT2D eigenvalue weighted by atomic mass is 16.5. The van der Waals surface area contributed by atoms with Crippen molar-refractivity contribution in [1.82, 2.24) is 10.2 Å². The molecule has 1 rings (SSSR count). The lowest BCUT2D eigenvalue weighted by molar-refractivity contribution is -0.0252. The molecular formula is C15H32N2O. The van der Waals surface area contributed by atoms with Crippen molar-refractivity contribution in [3.8, 4) is 0 Å². The minimum absolute atomic E-state index is 0.409. The fourth-order valence-electron chi connectivity index (χ4n) is 3.30. The van der Waals surface area contributed by atoms with Gasteiger partial charge in [-0.3, -0.25) is 4.90 Å². The fraction of sp³-hybridized carbons (Fsp3) is 1.00. The zero-order valence-corrected chi connectivity index (χ0v) is 12.9. The van der Waals surface area contributed by atoms with Gasteiger partial charge in [-0.05, 0) is 38.8 Å². The van der Waals surface area contributed by atoms with E-state index in [-0.39, 0.29) is 0 Å². The van der Waals surface area contributed by atoms with E-state index in [0.717, 1.165) is 6.54 Å². The Morgan fingerprint density at radius 1 is 1.39 bits per heavy atom. The molecular weight excluding hydrogens is 224 g/mol. The van der Waals surface area contributed by atoms with E-state index in [9.17, 15) is 0 Å². The Hall–Kier alpha value is -0.120. The molecule has 1 N–H and O–H groups in total. The molecule has 0 aromatic carbocycles. The maximum absolute atomic E-state index is 5.64. The summed E-state index contributed by atoms with van der Waals surface area (Å²) in [6, 6.07) is 1.27. The van der Waals surface area contributed by atoms with Crippen molar-refractivity contribution in [1.29, 1.82) is 0 Å². The smallest absolute Gasteiger partial charge is 0.0724 e. The average molecular weight is 256 g/mol. The molecule has 0 aromatic rings. The Morgan fingerprint density at radius 3 is 2.61 bits per heavy atom. The topological polar surface area (TPSA) is 24.5 Å². The fourth-order valence-corrected chi connectivity index (χ4v) is 3.30. The second-order valence-electron chi connectivity index (χ2n) is 5.69. The van der Waals surface area contributed by atoms with Gasteiger partial charge in [0.2, 0.25) is 0 Å². The van der Waals surface area contributed by atoms with Crippen LogP contribution in [0.5, 0.6) is 0 Å². The zero-order chi connectivity index (χ0) is 13.5. The summed E-state index contributed by atoms with van der Waals surface area (Å²) >= 11 is 0. The van der Waals surface area contributed by atoms with Gasteiger partial charge in [0.1, 0.15) is 0 Å². The van der Waals surface area contributed by atoms with Crippen LogP contribution >= 0.6 is 0 Å². The van der Waals surface area contributed by atoms with Crippen molar-refractivity contribution in [2.75, 3.05) is 27.2 Å². The molecule has 0 bridgehead atoms. The third-order valence-corrected chi connectivity index (χ3v) is 4.55. The van der Waals surface area contributed by atoms with E-state index in [1.807, 2.05) is 7.11 Å². The van der Waals surface area contributed by atoms with Gasteiger partial charge in [-0.2, -0.15) is 0 Å². The van der Waals surface area contributed by atoms with Crippen LogP contribution in [0.4, 0.5) is 0 Å². The van der Waals surface area contributed by atoms with Gasteiger partial charge < -0.3 is 10.1 Å². The van der Waals surface area contributed by atoms with E-state index in [4.69, 9.17) is 4.74 Å². The Morgan fingerprint density at radius 2 is 2.11 bits per heavy atom. The lowest BCUT2D eigenvalue weighted by atomic mass is 9.91. The molecule has 4 atom stereocenters. The van der Waals surface area contributed by atoms with Crippen molar-refractivity contribution in [3.05, 3.63) is 0 Å². The SMILES string of the molecule is CCCC(NC)C(CC)N1CCC(C)C(OC)C1. The number of ether oxygens (including phenoxy) is 1. The van der Waals surface area contributed by atoms with Gasteiger partial charge in [-0.15, -0.1) is 0 Å². The number of methoxy groups -OCH3 is 1. The molecule has 0 amide bonds. The molecule has 18 heavy (non-hydrogen) atoms. The lowest BCUT2D eigenvalue weighted by Crippen LogP contribution is -2.54. The highest BCUT2D eigenvalue weighted by Gasteiger charge is 2.32. The number of nitrogens with one attached hydrogen (secondary N) is 1. The first kappa shape index (κ1) is 15.9. The van der Waals surface area contributed by atoms with E-state index in [1.165, 1.54) is 32.2 Å². The van der Waals surface area contributed by atoms with Crippen LogP contribution in [-0.4, -0.2) is 50.3 Å². The summed E-state index contributed by atoms with van der Waals surface area (Å²) in [4.78, 5) is 2.64. The number of hydrogen-bond donors (Lipinski definition) is 1. The quantitative estimate of drug-likeness (QED) is 0.757. The second-order valence-corrected chi connectivity index (χ2v) is 5.69. The Bertz CT molecular complexity index is 223. The zero-order valence-electron chi connectivity index (χ0n) is 12.9. The highest BCUT2D eigenvalue weighted by Crippen LogP contribution is 2.24. The maximum atomic E-state index is 5.64. The summed E-state index contributed by atoms with van der Waals surface area (Å²) in [5, 5.41) is 3.51. The van der Waals surface area contributed by atoms with Gasteiger partial charge in [-0.25, -0.2) is 0 Å². The average Bonchev–Trinajstić information content (AvgIpc) is 2.40.